The van der Waals surface area contributed by atoms with Crippen molar-refractivity contribution in [3.63, 3.8) is 0 Å². The Bertz CT molecular complexity index is 1980. The van der Waals surface area contributed by atoms with Crippen molar-refractivity contribution >= 4 is 113 Å². The number of carbonyl (C=O) groups is 4. The number of aromatic nitrogens is 2. The second-order valence-corrected chi connectivity index (χ2v) is 16.8. The van der Waals surface area contributed by atoms with Crippen LogP contribution in [0.1, 0.15) is 12.8 Å². The SMILES string of the molecule is O=C1C[C@H](Sc2nc3ccccc3s2)C(=O)N1c1ccc(Sc2ccc(N3C(=O)C[C@@H](Sc4nc5ccccc5s4)C3=O)cc2)cc1. The molecule has 0 bridgehead atoms. The standard InChI is InChI=1S/C34H22N4O4S5/c39-29-17-27(46-33-35-23-5-1-3-7-25(23)44-33)31(41)37(29)19-9-13-21(14-10-19)43-22-15-11-20(12-16-22)38-30(40)18-28(32(38)42)47-34-36-24-6-2-4-8-26(24)45-34/h1-16,27-28H,17-18H2/t27-,28+. The number of thiazole rings is 2. The molecule has 2 aliphatic rings. The highest BCUT2D eigenvalue weighted by atomic mass is 32.2. The molecular formula is C34H22N4O4S5. The number of amides is 4. The molecule has 4 aromatic carbocycles. The summed E-state index contributed by atoms with van der Waals surface area (Å²) in [5, 5.41) is -1.02. The summed E-state index contributed by atoms with van der Waals surface area (Å²) in [6.07, 6.45) is 0.261. The number of para-hydroxylation sites is 2. The molecule has 0 radical (unpaired) electrons. The van der Waals surface area contributed by atoms with Crippen molar-refractivity contribution in [2.45, 2.75) is 41.8 Å². The zero-order valence-corrected chi connectivity index (χ0v) is 28.4. The Morgan fingerprint density at radius 2 is 0.957 bits per heavy atom. The minimum atomic E-state index is -0.508. The van der Waals surface area contributed by atoms with Gasteiger partial charge in [0.2, 0.25) is 23.6 Å². The molecule has 0 aliphatic carbocycles. The van der Waals surface area contributed by atoms with E-state index in [0.29, 0.717) is 11.4 Å². The van der Waals surface area contributed by atoms with E-state index < -0.39 is 10.5 Å². The maximum Gasteiger partial charge on any atom is 0.247 e. The topological polar surface area (TPSA) is 101 Å². The normalized spacial score (nSPS) is 18.4. The first-order valence-corrected chi connectivity index (χ1v) is 18.8. The van der Waals surface area contributed by atoms with Gasteiger partial charge in [0.05, 0.1) is 31.8 Å². The quantitative estimate of drug-likeness (QED) is 0.146. The Balaban J connectivity index is 0.901. The van der Waals surface area contributed by atoms with Crippen LogP contribution in [-0.4, -0.2) is 44.1 Å². The Morgan fingerprint density at radius 1 is 0.553 bits per heavy atom. The smallest absolute Gasteiger partial charge is 0.247 e. The molecule has 0 spiro atoms. The molecule has 8 rings (SSSR count). The lowest BCUT2D eigenvalue weighted by Gasteiger charge is -2.16. The van der Waals surface area contributed by atoms with E-state index in [9.17, 15) is 19.2 Å². The van der Waals surface area contributed by atoms with Gasteiger partial charge in [0, 0.05) is 22.6 Å². The van der Waals surface area contributed by atoms with E-state index in [1.54, 1.807) is 24.3 Å². The Hall–Kier alpha value is -4.01. The van der Waals surface area contributed by atoms with Crippen LogP contribution < -0.4 is 9.80 Å². The Morgan fingerprint density at radius 3 is 1.36 bits per heavy atom. The van der Waals surface area contributed by atoms with Crippen LogP contribution in [0.15, 0.2) is 116 Å². The molecule has 0 N–H and O–H groups in total. The molecule has 4 heterocycles. The van der Waals surface area contributed by atoms with E-state index in [4.69, 9.17) is 0 Å². The van der Waals surface area contributed by atoms with Crippen molar-refractivity contribution in [1.29, 1.82) is 0 Å². The zero-order chi connectivity index (χ0) is 32.1. The number of nitrogens with zero attached hydrogens (tertiary/aromatic N) is 4. The van der Waals surface area contributed by atoms with Crippen LogP contribution in [0, 0.1) is 0 Å². The van der Waals surface area contributed by atoms with Gasteiger partial charge < -0.3 is 0 Å². The molecule has 232 valence electrons. The molecule has 0 unspecified atom stereocenters. The second-order valence-electron chi connectivity index (χ2n) is 10.7. The fourth-order valence-electron chi connectivity index (χ4n) is 5.44. The number of fused-ring (bicyclic) bond motifs is 2. The Labute approximate surface area is 289 Å². The number of hydrogen-bond acceptors (Lipinski definition) is 11. The summed E-state index contributed by atoms with van der Waals surface area (Å²) in [6, 6.07) is 30.3. The fourth-order valence-corrected chi connectivity index (χ4v) is 10.9. The molecule has 2 aliphatic heterocycles. The number of thioether (sulfide) groups is 2. The van der Waals surface area contributed by atoms with Crippen LogP contribution in [0.4, 0.5) is 11.4 Å². The molecule has 8 nitrogen and oxygen atoms in total. The second kappa shape index (κ2) is 12.5. The van der Waals surface area contributed by atoms with Gasteiger partial charge in [-0.05, 0) is 72.8 Å². The number of rotatable bonds is 8. The lowest BCUT2D eigenvalue weighted by Crippen LogP contribution is -2.31. The van der Waals surface area contributed by atoms with E-state index in [2.05, 4.69) is 9.97 Å². The molecule has 2 atom stereocenters. The van der Waals surface area contributed by atoms with Crippen molar-refractivity contribution in [2.24, 2.45) is 0 Å². The van der Waals surface area contributed by atoms with Gasteiger partial charge in [-0.15, -0.1) is 22.7 Å². The van der Waals surface area contributed by atoms with Gasteiger partial charge in [0.1, 0.15) is 10.5 Å². The average Bonchev–Trinajstić information content (AvgIpc) is 3.81. The average molecular weight is 711 g/mol. The van der Waals surface area contributed by atoms with Gasteiger partial charge in [0.25, 0.3) is 0 Å². The van der Waals surface area contributed by atoms with E-state index in [0.717, 1.165) is 38.9 Å². The summed E-state index contributed by atoms with van der Waals surface area (Å²) in [4.78, 5) is 65.8. The molecule has 6 aromatic rings. The fraction of sp³-hybridized carbons (Fsp3) is 0.118. The van der Waals surface area contributed by atoms with Gasteiger partial charge in [-0.25, -0.2) is 19.8 Å². The first kappa shape index (κ1) is 30.3. The summed E-state index contributed by atoms with van der Waals surface area (Å²) in [6.45, 7) is 0. The number of hydrogen-bond donors (Lipinski definition) is 0. The van der Waals surface area contributed by atoms with Crippen LogP contribution in [0.25, 0.3) is 20.4 Å². The number of anilines is 2. The monoisotopic (exact) mass is 710 g/mol. The van der Waals surface area contributed by atoms with Crippen LogP contribution in [0.2, 0.25) is 0 Å². The van der Waals surface area contributed by atoms with E-state index in [1.165, 1.54) is 67.8 Å². The lowest BCUT2D eigenvalue weighted by atomic mass is 10.3. The molecule has 4 amide bonds. The lowest BCUT2D eigenvalue weighted by molar-refractivity contribution is -0.122. The highest BCUT2D eigenvalue weighted by Crippen LogP contribution is 2.40. The van der Waals surface area contributed by atoms with Crippen LogP contribution in [0.5, 0.6) is 0 Å². The predicted octanol–water partition coefficient (Wildman–Crippen LogP) is 7.91. The third-order valence-corrected chi connectivity index (χ3v) is 13.3. The maximum absolute atomic E-state index is 13.2. The third-order valence-electron chi connectivity index (χ3n) is 7.67. The van der Waals surface area contributed by atoms with Gasteiger partial charge in [-0.1, -0.05) is 59.6 Å². The van der Waals surface area contributed by atoms with Crippen LogP contribution in [-0.2, 0) is 19.2 Å². The van der Waals surface area contributed by atoms with Gasteiger partial charge >= 0.3 is 0 Å². The van der Waals surface area contributed by atoms with E-state index >= 15 is 0 Å². The summed E-state index contributed by atoms with van der Waals surface area (Å²) < 4.78 is 3.65. The summed E-state index contributed by atoms with van der Waals surface area (Å²) in [7, 11) is 0. The molecule has 47 heavy (non-hydrogen) atoms. The van der Waals surface area contributed by atoms with Crippen molar-refractivity contribution < 1.29 is 19.2 Å². The number of benzene rings is 4. The summed E-state index contributed by atoms with van der Waals surface area (Å²) in [5.41, 5.74) is 2.85. The molecule has 0 saturated carbocycles. The Kier molecular flexibility index (Phi) is 8.10. The number of carbonyl (C=O) groups excluding carboxylic acids is 4. The molecule has 2 aromatic heterocycles. The maximum atomic E-state index is 13.2. The van der Waals surface area contributed by atoms with E-state index in [-0.39, 0.29) is 36.5 Å². The van der Waals surface area contributed by atoms with Gasteiger partial charge in [0.15, 0.2) is 8.68 Å². The van der Waals surface area contributed by atoms with Crippen molar-refractivity contribution in [3.8, 4) is 0 Å². The summed E-state index contributed by atoms with van der Waals surface area (Å²) >= 11 is 7.24. The minimum Gasteiger partial charge on any atom is -0.274 e. The zero-order valence-electron chi connectivity index (χ0n) is 24.3. The van der Waals surface area contributed by atoms with E-state index in [1.807, 2.05) is 72.8 Å². The highest BCUT2D eigenvalue weighted by Gasteiger charge is 2.42. The van der Waals surface area contributed by atoms with Crippen molar-refractivity contribution in [1.82, 2.24) is 9.97 Å². The highest BCUT2D eigenvalue weighted by molar-refractivity contribution is 8.02. The minimum absolute atomic E-state index is 0.131. The largest absolute Gasteiger partial charge is 0.274 e. The molecule has 13 heteroatoms. The van der Waals surface area contributed by atoms with Gasteiger partial charge in [-0.2, -0.15) is 0 Å². The van der Waals surface area contributed by atoms with Crippen molar-refractivity contribution in [2.75, 3.05) is 9.80 Å². The summed E-state index contributed by atoms with van der Waals surface area (Å²) in [5.74, 6) is -0.920. The molecule has 2 fully saturated rings. The van der Waals surface area contributed by atoms with Crippen LogP contribution in [0.3, 0.4) is 0 Å². The number of imide groups is 2. The first-order chi connectivity index (χ1) is 22.9. The third kappa shape index (κ3) is 5.98. The molecule has 2 saturated heterocycles. The van der Waals surface area contributed by atoms with Crippen LogP contribution >= 0.6 is 58.0 Å². The first-order valence-electron chi connectivity index (χ1n) is 14.6. The molecular weight excluding hydrogens is 689 g/mol. The van der Waals surface area contributed by atoms with Gasteiger partial charge in [-0.3, -0.25) is 19.2 Å². The van der Waals surface area contributed by atoms with Crippen molar-refractivity contribution in [3.05, 3.63) is 97.1 Å². The predicted molar refractivity (Wildman–Crippen MR) is 190 cm³/mol.